The van der Waals surface area contributed by atoms with Crippen LogP contribution < -0.4 is 33.8 Å². The number of aromatic nitrogens is 2. The molecule has 1 aromatic heterocycles. The number of hydrogen-bond donors (Lipinski definition) is 3. The number of quaternary nitrogens is 1. The number of ether oxygens (including phenoxy) is 1. The number of para-hydroxylation sites is 1. The molecule has 4 unspecified atom stereocenters. The number of carbonyl (C=O) groups is 1. The van der Waals surface area contributed by atoms with Gasteiger partial charge in [0.25, 0.3) is 0 Å². The number of H-pyrrole nitrogens is 1. The van der Waals surface area contributed by atoms with Gasteiger partial charge >= 0.3 is 5.97 Å². The summed E-state index contributed by atoms with van der Waals surface area (Å²) in [6.45, 7) is 6.10. The Balaban J connectivity index is 0.00000380. The number of benzene rings is 1. The summed E-state index contributed by atoms with van der Waals surface area (Å²) in [7, 11) is 4.05. The smallest absolute Gasteiger partial charge is 0.310 e. The zero-order chi connectivity index (χ0) is 25.7. The number of aromatic amines is 1. The first kappa shape index (κ1) is 28.6. The molecule has 37 heavy (non-hydrogen) atoms. The van der Waals surface area contributed by atoms with E-state index in [0.717, 1.165) is 45.0 Å². The molecule has 0 bridgehead atoms. The summed E-state index contributed by atoms with van der Waals surface area (Å²) in [5.74, 6) is -0.0242. The fourth-order valence-corrected chi connectivity index (χ4v) is 5.03. The van der Waals surface area contributed by atoms with Gasteiger partial charge < -0.3 is 38.7 Å². The molecule has 0 amide bonds. The second-order valence-corrected chi connectivity index (χ2v) is 9.16. The van der Waals surface area contributed by atoms with E-state index in [9.17, 15) is 9.90 Å². The number of nitrogens with zero attached hydrogens (tertiary/aromatic N) is 2. The van der Waals surface area contributed by atoms with Gasteiger partial charge in [0.1, 0.15) is 0 Å². The first-order chi connectivity index (χ1) is 17.4. The van der Waals surface area contributed by atoms with Crippen LogP contribution in [0.25, 0.3) is 6.08 Å². The number of nitrogens with one attached hydrogen (secondary N) is 2. The zero-order valence-electron chi connectivity index (χ0n) is 21.5. The normalized spacial score (nSPS) is 23.3. The zero-order valence-corrected chi connectivity index (χ0v) is 23.7. The average Bonchev–Trinajstić information content (AvgIpc) is 3.34. The molecule has 1 aromatic carbocycles. The second kappa shape index (κ2) is 13.0. The van der Waals surface area contributed by atoms with Crippen molar-refractivity contribution in [2.45, 2.75) is 32.2 Å². The maximum atomic E-state index is 11.8. The first-order valence-electron chi connectivity index (χ1n) is 12.3. The van der Waals surface area contributed by atoms with Crippen molar-refractivity contribution in [2.24, 2.45) is 5.92 Å². The molecule has 0 saturated heterocycles. The summed E-state index contributed by atoms with van der Waals surface area (Å²) in [6, 6.07) is 7.96. The largest absolute Gasteiger partial charge is 1.00 e. The van der Waals surface area contributed by atoms with Gasteiger partial charge in [0.05, 0.1) is 48.8 Å². The third-order valence-corrected chi connectivity index (χ3v) is 6.87. The van der Waals surface area contributed by atoms with Crippen LogP contribution in [-0.4, -0.2) is 42.0 Å². The topological polar surface area (TPSA) is 82.9 Å². The number of allylic oxidation sites excluding steroid dienone is 7. The summed E-state index contributed by atoms with van der Waals surface area (Å²) in [6.07, 6.45) is 16.4. The van der Waals surface area contributed by atoms with Crippen LogP contribution in [0.5, 0.6) is 0 Å². The minimum absolute atomic E-state index is 0. The maximum Gasteiger partial charge on any atom is 0.310 e. The van der Waals surface area contributed by atoms with Crippen LogP contribution in [0.2, 0.25) is 0 Å². The number of hydrogen-bond acceptors (Lipinski definition) is 5. The highest BCUT2D eigenvalue weighted by atomic mass is 127. The van der Waals surface area contributed by atoms with Crippen LogP contribution in [0, 0.1) is 5.92 Å². The fourth-order valence-electron chi connectivity index (χ4n) is 5.03. The maximum absolute atomic E-state index is 11.8. The van der Waals surface area contributed by atoms with Crippen LogP contribution in [0.15, 0.2) is 84.6 Å². The molecule has 1 aliphatic heterocycles. The minimum atomic E-state index is -0.631. The molecule has 0 saturated carbocycles. The Morgan fingerprint density at radius 1 is 1.35 bits per heavy atom. The van der Waals surface area contributed by atoms with Gasteiger partial charge in [0.15, 0.2) is 6.17 Å². The molecule has 196 valence electrons. The van der Waals surface area contributed by atoms with Crippen molar-refractivity contribution < 1.29 is 43.5 Å². The molecule has 8 heteroatoms. The number of fused-ring (bicyclic) bond motifs is 1. The number of halogens is 1. The molecule has 3 N–H and O–H groups in total. The number of esters is 1. The second-order valence-electron chi connectivity index (χ2n) is 9.16. The molecule has 0 radical (unpaired) electrons. The van der Waals surface area contributed by atoms with Crippen molar-refractivity contribution in [3.05, 3.63) is 101 Å². The SMILES string of the molecule is C=C/C=C(\C=C\c1[nH]ncc1C1N(C)c2ccccc2C(O)[NH+]1C)C1C=CC(CC(=O)OCC)=CC1.[I-]. The minimum Gasteiger partial charge on any atom is -1.00 e. The van der Waals surface area contributed by atoms with Crippen LogP contribution in [0.4, 0.5) is 5.69 Å². The summed E-state index contributed by atoms with van der Waals surface area (Å²) in [4.78, 5) is 15.0. The molecule has 7 nitrogen and oxygen atoms in total. The van der Waals surface area contributed by atoms with Gasteiger partial charge in [-0.3, -0.25) is 14.8 Å². The quantitative estimate of drug-likeness (QED) is 0.231. The molecule has 0 spiro atoms. The summed E-state index contributed by atoms with van der Waals surface area (Å²) in [5.41, 5.74) is 5.93. The Hall–Kier alpha value is -2.95. The van der Waals surface area contributed by atoms with Crippen LogP contribution >= 0.6 is 0 Å². The fraction of sp³-hybridized carbons (Fsp3) is 0.310. The van der Waals surface area contributed by atoms with E-state index >= 15 is 0 Å². The van der Waals surface area contributed by atoms with Gasteiger partial charge in [-0.2, -0.15) is 5.10 Å². The van der Waals surface area contributed by atoms with Crippen molar-refractivity contribution in [2.75, 3.05) is 25.6 Å². The summed E-state index contributed by atoms with van der Waals surface area (Å²) in [5, 5.41) is 18.5. The first-order valence-corrected chi connectivity index (χ1v) is 12.3. The number of aliphatic hydroxyl groups excluding tert-OH is 1. The standard InChI is InChI=1S/C29H34N4O3.HI/c1-5-9-21(22-14-12-20(13-15-22)18-27(34)36-6-2)16-17-25-24(19-30-31-25)28-32(3)26-11-8-7-10-23(26)29(35)33(28)4;/h5,7-14,16-17,19,22,28-29,35H,1,6,15,18H2,2-4H3,(H,30,31);1H/b17-16+,21-9+;. The highest BCUT2D eigenvalue weighted by Gasteiger charge is 2.40. The van der Waals surface area contributed by atoms with Crippen molar-refractivity contribution in [3.63, 3.8) is 0 Å². The number of anilines is 1. The third-order valence-electron chi connectivity index (χ3n) is 6.87. The van der Waals surface area contributed by atoms with Gasteiger partial charge in [-0.25, -0.2) is 0 Å². The van der Waals surface area contributed by atoms with Crippen LogP contribution in [-0.2, 0) is 9.53 Å². The molecule has 1 aliphatic carbocycles. The molecular formula is C29H35IN4O3. The van der Waals surface area contributed by atoms with E-state index in [1.807, 2.05) is 62.7 Å². The number of rotatable bonds is 8. The highest BCUT2D eigenvalue weighted by molar-refractivity contribution is 5.73. The third kappa shape index (κ3) is 6.31. The molecule has 2 aliphatic rings. The lowest BCUT2D eigenvalue weighted by atomic mass is 9.88. The van der Waals surface area contributed by atoms with Crippen molar-refractivity contribution in [1.82, 2.24) is 10.2 Å². The molecule has 2 aromatic rings. The molecular weight excluding hydrogens is 579 g/mol. The Kier molecular flexibility index (Phi) is 10.1. The van der Waals surface area contributed by atoms with Gasteiger partial charge in [-0.1, -0.05) is 55.2 Å². The Morgan fingerprint density at radius 3 is 2.84 bits per heavy atom. The predicted molar refractivity (Wildman–Crippen MR) is 142 cm³/mol. The van der Waals surface area contributed by atoms with E-state index in [1.54, 1.807) is 6.08 Å². The monoisotopic (exact) mass is 614 g/mol. The van der Waals surface area contributed by atoms with Crippen molar-refractivity contribution >= 4 is 17.7 Å². The molecule has 4 atom stereocenters. The van der Waals surface area contributed by atoms with Crippen molar-refractivity contribution in [3.8, 4) is 0 Å². The highest BCUT2D eigenvalue weighted by Crippen LogP contribution is 2.34. The van der Waals surface area contributed by atoms with Crippen molar-refractivity contribution in [1.29, 1.82) is 0 Å². The number of aliphatic hydroxyl groups is 1. The van der Waals surface area contributed by atoms with Gasteiger partial charge in [-0.15, -0.1) is 0 Å². The Morgan fingerprint density at radius 2 is 2.14 bits per heavy atom. The van der Waals surface area contributed by atoms with Gasteiger partial charge in [0.2, 0.25) is 6.23 Å². The summed E-state index contributed by atoms with van der Waals surface area (Å²) >= 11 is 0. The molecule has 2 heterocycles. The molecule has 0 fully saturated rings. The van der Waals surface area contributed by atoms with E-state index in [1.165, 1.54) is 0 Å². The Labute approximate surface area is 235 Å². The lowest BCUT2D eigenvalue weighted by molar-refractivity contribution is -0.967. The number of carbonyl (C=O) groups excluding carboxylic acids is 1. The van der Waals surface area contributed by atoms with E-state index in [4.69, 9.17) is 4.74 Å². The van der Waals surface area contributed by atoms with E-state index < -0.39 is 6.23 Å². The van der Waals surface area contributed by atoms with Gasteiger partial charge in [0, 0.05) is 13.0 Å². The summed E-state index contributed by atoms with van der Waals surface area (Å²) < 4.78 is 5.06. The lowest BCUT2D eigenvalue weighted by Gasteiger charge is -2.41. The lowest BCUT2D eigenvalue weighted by Crippen LogP contribution is -3.12. The molecule has 4 rings (SSSR count). The van der Waals surface area contributed by atoms with E-state index in [2.05, 4.69) is 47.0 Å². The van der Waals surface area contributed by atoms with E-state index in [0.29, 0.717) is 13.0 Å². The predicted octanol–water partition coefficient (Wildman–Crippen LogP) is 0.649. The van der Waals surface area contributed by atoms with Crippen LogP contribution in [0.3, 0.4) is 0 Å². The average molecular weight is 615 g/mol. The Bertz CT molecular complexity index is 1230. The van der Waals surface area contributed by atoms with E-state index in [-0.39, 0.29) is 42.0 Å². The van der Waals surface area contributed by atoms with Crippen LogP contribution in [0.1, 0.15) is 49.0 Å². The van der Waals surface area contributed by atoms with Gasteiger partial charge in [-0.05, 0) is 42.7 Å².